The Morgan fingerprint density at radius 1 is 1.38 bits per heavy atom. The summed E-state index contributed by atoms with van der Waals surface area (Å²) in [5.74, 6) is 0.0446. The van der Waals surface area contributed by atoms with Gasteiger partial charge in [0.05, 0.1) is 6.07 Å². The van der Waals surface area contributed by atoms with Gasteiger partial charge in [0.15, 0.2) is 0 Å². The van der Waals surface area contributed by atoms with Crippen LogP contribution in [0.1, 0.15) is 51.9 Å². The van der Waals surface area contributed by atoms with Crippen LogP contribution in [0.25, 0.3) is 0 Å². The quantitative estimate of drug-likeness (QED) is 0.734. The molecule has 0 saturated heterocycles. The highest BCUT2D eigenvalue weighted by molar-refractivity contribution is 5.85. The van der Waals surface area contributed by atoms with Crippen LogP contribution in [0.2, 0.25) is 0 Å². The molecule has 0 N–H and O–H groups in total. The fourth-order valence-electron chi connectivity index (χ4n) is 2.39. The van der Waals surface area contributed by atoms with Crippen molar-refractivity contribution in [3.8, 4) is 6.07 Å². The molecule has 0 aromatic carbocycles. The van der Waals surface area contributed by atoms with Crippen molar-refractivity contribution < 1.29 is 4.79 Å². The third-order valence-corrected chi connectivity index (χ3v) is 3.52. The maximum Gasteiger partial charge on any atom is 0.242 e. The van der Waals surface area contributed by atoms with Gasteiger partial charge in [0.1, 0.15) is 5.41 Å². The van der Waals surface area contributed by atoms with E-state index in [1.54, 1.807) is 4.90 Å². The molecule has 0 spiro atoms. The summed E-state index contributed by atoms with van der Waals surface area (Å²) in [7, 11) is 1.83. The van der Waals surface area contributed by atoms with Crippen LogP contribution in [0.4, 0.5) is 0 Å². The largest absolute Gasteiger partial charge is 0.344 e. The molecule has 16 heavy (non-hydrogen) atoms. The van der Waals surface area contributed by atoms with Gasteiger partial charge in [0.25, 0.3) is 0 Å². The van der Waals surface area contributed by atoms with E-state index in [0.717, 1.165) is 51.5 Å². The van der Waals surface area contributed by atoms with Crippen LogP contribution in [0.15, 0.2) is 0 Å². The van der Waals surface area contributed by atoms with E-state index in [1.807, 2.05) is 7.05 Å². The Morgan fingerprint density at radius 3 is 2.50 bits per heavy atom. The molecule has 0 heterocycles. The van der Waals surface area contributed by atoms with Crippen LogP contribution >= 0.6 is 0 Å². The molecule has 1 fully saturated rings. The first-order valence-corrected chi connectivity index (χ1v) is 6.33. The number of amides is 1. The van der Waals surface area contributed by atoms with Crippen LogP contribution in [-0.2, 0) is 4.79 Å². The van der Waals surface area contributed by atoms with E-state index in [1.165, 1.54) is 0 Å². The topological polar surface area (TPSA) is 44.1 Å². The Labute approximate surface area is 98.4 Å². The van der Waals surface area contributed by atoms with Crippen LogP contribution in [0.5, 0.6) is 0 Å². The normalized spacial score (nSPS) is 18.8. The van der Waals surface area contributed by atoms with Gasteiger partial charge in [-0.05, 0) is 19.3 Å². The first kappa shape index (κ1) is 13.0. The minimum atomic E-state index is -0.708. The lowest BCUT2D eigenvalue weighted by Gasteiger charge is -2.33. The standard InChI is InChI=1S/C13H22N2O/c1-3-4-10-15(2)12(16)13(11-14)8-6-5-7-9-13/h3-10H2,1-2H3. The van der Waals surface area contributed by atoms with E-state index >= 15 is 0 Å². The molecule has 3 nitrogen and oxygen atoms in total. The van der Waals surface area contributed by atoms with Gasteiger partial charge in [0.2, 0.25) is 5.91 Å². The first-order valence-electron chi connectivity index (χ1n) is 6.33. The zero-order valence-corrected chi connectivity index (χ0v) is 10.5. The lowest BCUT2D eigenvalue weighted by molar-refractivity contribution is -0.139. The Balaban J connectivity index is 2.65. The molecule has 1 aliphatic rings. The number of unbranched alkanes of at least 4 members (excludes halogenated alkanes) is 1. The van der Waals surface area contributed by atoms with Crippen LogP contribution < -0.4 is 0 Å². The Bertz CT molecular complexity index is 274. The summed E-state index contributed by atoms with van der Waals surface area (Å²) in [6.45, 7) is 2.89. The second kappa shape index (κ2) is 5.89. The van der Waals surface area contributed by atoms with Crippen molar-refractivity contribution in [2.24, 2.45) is 5.41 Å². The fraction of sp³-hybridized carbons (Fsp3) is 0.846. The molecule has 3 heteroatoms. The molecule has 0 radical (unpaired) electrons. The molecule has 1 rings (SSSR count). The molecule has 1 aliphatic carbocycles. The molecule has 90 valence electrons. The molecule has 1 saturated carbocycles. The van der Waals surface area contributed by atoms with E-state index in [0.29, 0.717) is 0 Å². The lowest BCUT2D eigenvalue weighted by atomic mass is 9.74. The van der Waals surface area contributed by atoms with E-state index in [2.05, 4.69) is 13.0 Å². The van der Waals surface area contributed by atoms with Gasteiger partial charge in [-0.1, -0.05) is 32.6 Å². The molecule has 0 aromatic rings. The highest BCUT2D eigenvalue weighted by Gasteiger charge is 2.41. The van der Waals surface area contributed by atoms with E-state index in [9.17, 15) is 10.1 Å². The van der Waals surface area contributed by atoms with Crippen molar-refractivity contribution in [2.75, 3.05) is 13.6 Å². The maximum absolute atomic E-state index is 12.3. The number of carbonyl (C=O) groups excluding carboxylic acids is 1. The van der Waals surface area contributed by atoms with Gasteiger partial charge < -0.3 is 4.90 Å². The fourth-order valence-corrected chi connectivity index (χ4v) is 2.39. The van der Waals surface area contributed by atoms with Crippen LogP contribution in [0, 0.1) is 16.7 Å². The van der Waals surface area contributed by atoms with Crippen LogP contribution in [-0.4, -0.2) is 24.4 Å². The van der Waals surface area contributed by atoms with E-state index < -0.39 is 5.41 Å². The first-order chi connectivity index (χ1) is 7.66. The van der Waals surface area contributed by atoms with Gasteiger partial charge in [-0.25, -0.2) is 0 Å². The van der Waals surface area contributed by atoms with Crippen LogP contribution in [0.3, 0.4) is 0 Å². The maximum atomic E-state index is 12.3. The lowest BCUT2D eigenvalue weighted by Crippen LogP contribution is -2.42. The summed E-state index contributed by atoms with van der Waals surface area (Å²) >= 11 is 0. The Kier molecular flexibility index (Phi) is 4.79. The van der Waals surface area contributed by atoms with Crippen molar-refractivity contribution in [1.82, 2.24) is 4.90 Å². The third-order valence-electron chi connectivity index (χ3n) is 3.52. The van der Waals surface area contributed by atoms with E-state index in [-0.39, 0.29) is 5.91 Å². The third kappa shape index (κ3) is 2.75. The smallest absolute Gasteiger partial charge is 0.242 e. The van der Waals surface area contributed by atoms with Crippen molar-refractivity contribution >= 4 is 5.91 Å². The zero-order chi connectivity index (χ0) is 12.0. The molecule has 0 aliphatic heterocycles. The summed E-state index contributed by atoms with van der Waals surface area (Å²) < 4.78 is 0. The van der Waals surface area contributed by atoms with Crippen molar-refractivity contribution in [3.63, 3.8) is 0 Å². The van der Waals surface area contributed by atoms with E-state index in [4.69, 9.17) is 0 Å². The number of hydrogen-bond donors (Lipinski definition) is 0. The van der Waals surface area contributed by atoms with Gasteiger partial charge >= 0.3 is 0 Å². The summed E-state index contributed by atoms with van der Waals surface area (Å²) in [5.41, 5.74) is -0.708. The van der Waals surface area contributed by atoms with Gasteiger partial charge in [-0.15, -0.1) is 0 Å². The SMILES string of the molecule is CCCCN(C)C(=O)C1(C#N)CCCCC1. The predicted octanol–water partition coefficient (Wildman–Crippen LogP) is 2.72. The summed E-state index contributed by atoms with van der Waals surface area (Å²) in [5, 5.41) is 9.29. The Hall–Kier alpha value is -1.04. The highest BCUT2D eigenvalue weighted by Crippen LogP contribution is 2.37. The second-order valence-corrected chi connectivity index (χ2v) is 4.83. The minimum absolute atomic E-state index is 0.0446. The average Bonchev–Trinajstić information content (AvgIpc) is 2.35. The molecule has 1 amide bonds. The predicted molar refractivity (Wildman–Crippen MR) is 63.7 cm³/mol. The number of rotatable bonds is 4. The number of nitriles is 1. The summed E-state index contributed by atoms with van der Waals surface area (Å²) in [6.07, 6.45) is 6.79. The molecule has 0 bridgehead atoms. The molecular formula is C13H22N2O. The van der Waals surface area contributed by atoms with Crippen molar-refractivity contribution in [2.45, 2.75) is 51.9 Å². The minimum Gasteiger partial charge on any atom is -0.344 e. The molecule has 0 aromatic heterocycles. The number of nitrogens with zero attached hydrogens (tertiary/aromatic N) is 2. The highest BCUT2D eigenvalue weighted by atomic mass is 16.2. The molecular weight excluding hydrogens is 200 g/mol. The number of hydrogen-bond acceptors (Lipinski definition) is 2. The molecule has 0 atom stereocenters. The zero-order valence-electron chi connectivity index (χ0n) is 10.5. The van der Waals surface area contributed by atoms with Crippen molar-refractivity contribution in [3.05, 3.63) is 0 Å². The monoisotopic (exact) mass is 222 g/mol. The van der Waals surface area contributed by atoms with Crippen molar-refractivity contribution in [1.29, 1.82) is 5.26 Å². The van der Waals surface area contributed by atoms with Gasteiger partial charge in [-0.3, -0.25) is 4.79 Å². The summed E-state index contributed by atoms with van der Waals surface area (Å²) in [6, 6.07) is 2.28. The second-order valence-electron chi connectivity index (χ2n) is 4.83. The van der Waals surface area contributed by atoms with Gasteiger partial charge in [0, 0.05) is 13.6 Å². The van der Waals surface area contributed by atoms with Gasteiger partial charge in [-0.2, -0.15) is 5.26 Å². The number of carbonyl (C=O) groups is 1. The Morgan fingerprint density at radius 2 is 2.00 bits per heavy atom. The summed E-state index contributed by atoms with van der Waals surface area (Å²) in [4.78, 5) is 14.0. The molecule has 0 unspecified atom stereocenters. The average molecular weight is 222 g/mol.